The molecule has 4 bridgehead atoms. The molecule has 0 unspecified atom stereocenters. The third kappa shape index (κ3) is 1.90. The molecule has 17 heavy (non-hydrogen) atoms. The molecule has 0 aromatic carbocycles. The van der Waals surface area contributed by atoms with E-state index in [0.29, 0.717) is 5.41 Å². The fourth-order valence-corrected chi connectivity index (χ4v) is 4.83. The first-order valence-electron chi connectivity index (χ1n) is 6.89. The van der Waals surface area contributed by atoms with E-state index in [9.17, 15) is 4.79 Å². The number of carbonyl (C=O) groups excluding carboxylic acids is 1. The van der Waals surface area contributed by atoms with Crippen LogP contribution in [0.15, 0.2) is 5.10 Å². The summed E-state index contributed by atoms with van der Waals surface area (Å²) in [6, 6.07) is 0. The molecular weight excluding hydrogens is 212 g/mol. The summed E-state index contributed by atoms with van der Waals surface area (Å²) in [6.07, 6.45) is 8.29. The van der Waals surface area contributed by atoms with Crippen molar-refractivity contribution in [1.29, 1.82) is 0 Å². The molecule has 4 fully saturated rings. The normalized spacial score (nSPS) is 43.9. The highest BCUT2D eigenvalue weighted by Crippen LogP contribution is 2.60. The van der Waals surface area contributed by atoms with Crippen LogP contribution in [0.5, 0.6) is 0 Å². The zero-order valence-electron chi connectivity index (χ0n) is 10.8. The molecule has 0 aliphatic heterocycles. The molecule has 0 aromatic heterocycles. The number of hydrogen-bond donors (Lipinski definition) is 1. The lowest BCUT2D eigenvalue weighted by molar-refractivity contribution is -0.118. The van der Waals surface area contributed by atoms with Crippen LogP contribution in [-0.2, 0) is 4.79 Å². The van der Waals surface area contributed by atoms with E-state index < -0.39 is 0 Å². The van der Waals surface area contributed by atoms with Crippen LogP contribution >= 0.6 is 0 Å². The molecule has 1 amide bonds. The predicted molar refractivity (Wildman–Crippen MR) is 67.5 cm³/mol. The average molecular weight is 234 g/mol. The molecule has 0 aromatic rings. The Balaban J connectivity index is 1.81. The number of carbonyl (C=O) groups is 1. The Kier molecular flexibility index (Phi) is 2.53. The molecule has 3 heteroatoms. The molecule has 0 atom stereocenters. The van der Waals surface area contributed by atoms with E-state index in [0.717, 1.165) is 17.8 Å². The summed E-state index contributed by atoms with van der Waals surface area (Å²) >= 11 is 0. The Bertz CT molecular complexity index is 337. The van der Waals surface area contributed by atoms with Crippen molar-refractivity contribution in [3.05, 3.63) is 0 Å². The molecule has 94 valence electrons. The van der Waals surface area contributed by atoms with Crippen LogP contribution in [-0.4, -0.2) is 11.6 Å². The summed E-state index contributed by atoms with van der Waals surface area (Å²) in [7, 11) is 0. The minimum atomic E-state index is -0.0610. The first kappa shape index (κ1) is 11.2. The standard InChI is InChI=1S/C14H22N2O/c1-9(15-16-10(2)17)14-6-11-3-12(7-14)5-13(4-11)8-14/h11-13H,3-8H2,1-2H3,(H,16,17). The second-order valence-electron chi connectivity index (χ2n) is 6.56. The van der Waals surface area contributed by atoms with E-state index in [-0.39, 0.29) is 5.91 Å². The van der Waals surface area contributed by atoms with Gasteiger partial charge in [-0.25, -0.2) is 5.43 Å². The summed E-state index contributed by atoms with van der Waals surface area (Å²) in [4.78, 5) is 11.0. The van der Waals surface area contributed by atoms with Crippen molar-refractivity contribution in [2.45, 2.75) is 52.4 Å². The van der Waals surface area contributed by atoms with E-state index in [1.165, 1.54) is 51.2 Å². The quantitative estimate of drug-likeness (QED) is 0.579. The molecule has 4 aliphatic rings. The van der Waals surface area contributed by atoms with Crippen molar-refractivity contribution in [3.63, 3.8) is 0 Å². The van der Waals surface area contributed by atoms with Crippen LogP contribution < -0.4 is 5.43 Å². The van der Waals surface area contributed by atoms with Gasteiger partial charge in [0, 0.05) is 18.1 Å². The fourth-order valence-electron chi connectivity index (χ4n) is 4.83. The van der Waals surface area contributed by atoms with E-state index in [1.54, 1.807) is 0 Å². The van der Waals surface area contributed by atoms with Crippen LogP contribution in [0.4, 0.5) is 0 Å². The fraction of sp³-hybridized carbons (Fsp3) is 0.857. The van der Waals surface area contributed by atoms with E-state index in [1.807, 2.05) is 0 Å². The first-order valence-corrected chi connectivity index (χ1v) is 6.89. The van der Waals surface area contributed by atoms with E-state index >= 15 is 0 Å². The Labute approximate surface area is 103 Å². The molecule has 0 heterocycles. The van der Waals surface area contributed by atoms with Crippen molar-refractivity contribution in [2.75, 3.05) is 0 Å². The monoisotopic (exact) mass is 234 g/mol. The van der Waals surface area contributed by atoms with Gasteiger partial charge in [0.05, 0.1) is 0 Å². The Morgan fingerprint density at radius 3 is 1.94 bits per heavy atom. The lowest BCUT2D eigenvalue weighted by Crippen LogP contribution is -2.49. The third-order valence-electron chi connectivity index (χ3n) is 5.19. The molecule has 0 radical (unpaired) electrons. The molecule has 0 saturated heterocycles. The van der Waals surface area contributed by atoms with E-state index in [4.69, 9.17) is 0 Å². The van der Waals surface area contributed by atoms with Gasteiger partial charge in [-0.15, -0.1) is 0 Å². The molecule has 0 spiro atoms. The number of hydrogen-bond acceptors (Lipinski definition) is 2. The topological polar surface area (TPSA) is 41.5 Å². The molecule has 4 saturated carbocycles. The molecular formula is C14H22N2O. The van der Waals surface area contributed by atoms with Gasteiger partial charge in [0.15, 0.2) is 0 Å². The van der Waals surface area contributed by atoms with E-state index in [2.05, 4.69) is 17.5 Å². The number of nitrogens with zero attached hydrogens (tertiary/aromatic N) is 1. The van der Waals surface area contributed by atoms with Crippen LogP contribution in [0.3, 0.4) is 0 Å². The van der Waals surface area contributed by atoms with Crippen LogP contribution in [0, 0.1) is 23.2 Å². The second kappa shape index (κ2) is 3.82. The highest BCUT2D eigenvalue weighted by atomic mass is 16.2. The summed E-state index contributed by atoms with van der Waals surface area (Å²) in [6.45, 7) is 3.64. The zero-order valence-corrected chi connectivity index (χ0v) is 10.8. The highest BCUT2D eigenvalue weighted by molar-refractivity contribution is 5.89. The van der Waals surface area contributed by atoms with Gasteiger partial charge < -0.3 is 0 Å². The Morgan fingerprint density at radius 1 is 1.06 bits per heavy atom. The lowest BCUT2D eigenvalue weighted by atomic mass is 9.48. The summed E-state index contributed by atoms with van der Waals surface area (Å²) in [5, 5.41) is 4.33. The minimum Gasteiger partial charge on any atom is -0.274 e. The van der Waals surface area contributed by atoms with Crippen LogP contribution in [0.2, 0.25) is 0 Å². The Morgan fingerprint density at radius 2 is 1.53 bits per heavy atom. The van der Waals surface area contributed by atoms with Gasteiger partial charge in [-0.3, -0.25) is 4.79 Å². The van der Waals surface area contributed by atoms with Gasteiger partial charge in [-0.2, -0.15) is 5.10 Å². The van der Waals surface area contributed by atoms with Crippen LogP contribution in [0.25, 0.3) is 0 Å². The molecule has 1 N–H and O–H groups in total. The van der Waals surface area contributed by atoms with Crippen molar-refractivity contribution in [2.24, 2.45) is 28.3 Å². The van der Waals surface area contributed by atoms with Gasteiger partial charge in [-0.05, 0) is 63.2 Å². The van der Waals surface area contributed by atoms with Gasteiger partial charge in [0.2, 0.25) is 5.91 Å². The summed E-state index contributed by atoms with van der Waals surface area (Å²) in [5.41, 5.74) is 4.12. The van der Waals surface area contributed by atoms with Gasteiger partial charge in [0.25, 0.3) is 0 Å². The predicted octanol–water partition coefficient (Wildman–Crippen LogP) is 2.71. The first-order chi connectivity index (χ1) is 8.07. The second-order valence-corrected chi connectivity index (χ2v) is 6.56. The number of rotatable bonds is 2. The molecule has 4 aliphatic carbocycles. The highest BCUT2D eigenvalue weighted by Gasteiger charge is 2.52. The number of hydrazone groups is 1. The maximum atomic E-state index is 11.0. The number of amides is 1. The maximum Gasteiger partial charge on any atom is 0.236 e. The van der Waals surface area contributed by atoms with Crippen molar-refractivity contribution >= 4 is 11.6 Å². The van der Waals surface area contributed by atoms with Gasteiger partial charge in [0.1, 0.15) is 0 Å². The van der Waals surface area contributed by atoms with Gasteiger partial charge >= 0.3 is 0 Å². The zero-order chi connectivity index (χ0) is 12.0. The van der Waals surface area contributed by atoms with Gasteiger partial charge in [-0.1, -0.05) is 0 Å². The molecule has 3 nitrogen and oxygen atoms in total. The Hall–Kier alpha value is -0.860. The van der Waals surface area contributed by atoms with Crippen molar-refractivity contribution < 1.29 is 4.79 Å². The maximum absolute atomic E-state index is 11.0. The smallest absolute Gasteiger partial charge is 0.236 e. The number of nitrogens with one attached hydrogen (secondary N) is 1. The van der Waals surface area contributed by atoms with Crippen molar-refractivity contribution in [1.82, 2.24) is 5.43 Å². The SMILES string of the molecule is CC(=O)NN=C(C)C12CC3CC(CC(C3)C1)C2. The average Bonchev–Trinajstić information content (AvgIpc) is 2.23. The molecule has 4 rings (SSSR count). The third-order valence-corrected chi connectivity index (χ3v) is 5.19. The van der Waals surface area contributed by atoms with Crippen LogP contribution in [0.1, 0.15) is 52.4 Å². The lowest BCUT2D eigenvalue weighted by Gasteiger charge is -2.56. The largest absolute Gasteiger partial charge is 0.274 e. The van der Waals surface area contributed by atoms with Crippen molar-refractivity contribution in [3.8, 4) is 0 Å². The minimum absolute atomic E-state index is 0.0610. The summed E-state index contributed by atoms with van der Waals surface area (Å²) < 4.78 is 0. The summed E-state index contributed by atoms with van der Waals surface area (Å²) in [5.74, 6) is 2.74.